The van der Waals surface area contributed by atoms with Crippen LogP contribution in [0.25, 0.3) is 0 Å². The molecule has 2 N–H and O–H groups in total. The van der Waals surface area contributed by atoms with Gasteiger partial charge in [-0.25, -0.2) is 0 Å². The second kappa shape index (κ2) is 7.14. The monoisotopic (exact) mass is 292 g/mol. The van der Waals surface area contributed by atoms with E-state index in [1.165, 1.54) is 6.42 Å². The largest absolute Gasteiger partial charge is 0.497 e. The Balaban J connectivity index is 2.07. The predicted octanol–water partition coefficient (Wildman–Crippen LogP) is 2.68. The zero-order valence-corrected chi connectivity index (χ0v) is 13.6. The highest BCUT2D eigenvalue weighted by molar-refractivity contribution is 5.42. The second-order valence-electron chi connectivity index (χ2n) is 6.38. The van der Waals surface area contributed by atoms with Crippen molar-refractivity contribution < 1.29 is 9.47 Å². The average molecular weight is 292 g/mol. The number of benzene rings is 1. The van der Waals surface area contributed by atoms with Crippen LogP contribution in [0, 0.1) is 11.8 Å². The third kappa shape index (κ3) is 4.11. The van der Waals surface area contributed by atoms with E-state index in [0.717, 1.165) is 48.5 Å². The fourth-order valence-corrected chi connectivity index (χ4v) is 3.44. The highest BCUT2D eigenvalue weighted by atomic mass is 16.5. The summed E-state index contributed by atoms with van der Waals surface area (Å²) in [6, 6.07) is 5.82. The molecule has 1 aromatic rings. The molecule has 0 radical (unpaired) electrons. The molecule has 1 aromatic carbocycles. The maximum atomic E-state index is 6.42. The summed E-state index contributed by atoms with van der Waals surface area (Å²) >= 11 is 0. The molecule has 0 saturated carbocycles. The van der Waals surface area contributed by atoms with Crippen LogP contribution in [-0.4, -0.2) is 38.8 Å². The summed E-state index contributed by atoms with van der Waals surface area (Å²) in [7, 11) is 3.33. The molecule has 118 valence electrons. The molecule has 4 nitrogen and oxygen atoms in total. The topological polar surface area (TPSA) is 47.7 Å². The van der Waals surface area contributed by atoms with Crippen molar-refractivity contribution >= 4 is 0 Å². The highest BCUT2D eigenvalue weighted by Gasteiger charge is 2.24. The van der Waals surface area contributed by atoms with E-state index >= 15 is 0 Å². The Hall–Kier alpha value is -1.26. The summed E-state index contributed by atoms with van der Waals surface area (Å²) in [5.41, 5.74) is 7.47. The third-order valence-corrected chi connectivity index (χ3v) is 4.24. The number of nitrogens with zero attached hydrogens (tertiary/aromatic N) is 1. The average Bonchev–Trinajstić information content (AvgIpc) is 2.45. The predicted molar refractivity (Wildman–Crippen MR) is 85.9 cm³/mol. The van der Waals surface area contributed by atoms with E-state index in [9.17, 15) is 0 Å². The molecule has 0 bridgehead atoms. The summed E-state index contributed by atoms with van der Waals surface area (Å²) < 4.78 is 10.7. The van der Waals surface area contributed by atoms with Crippen molar-refractivity contribution in [2.45, 2.75) is 26.3 Å². The van der Waals surface area contributed by atoms with Gasteiger partial charge in [0.25, 0.3) is 0 Å². The molecule has 4 heteroatoms. The van der Waals surface area contributed by atoms with Crippen molar-refractivity contribution in [2.24, 2.45) is 17.6 Å². The van der Waals surface area contributed by atoms with E-state index in [4.69, 9.17) is 15.2 Å². The normalized spacial score (nSPS) is 24.6. The number of rotatable bonds is 5. The Morgan fingerprint density at radius 3 is 2.43 bits per heavy atom. The van der Waals surface area contributed by atoms with Crippen molar-refractivity contribution in [1.82, 2.24) is 4.90 Å². The fourth-order valence-electron chi connectivity index (χ4n) is 3.44. The number of hydrogen-bond acceptors (Lipinski definition) is 4. The molecule has 1 fully saturated rings. The van der Waals surface area contributed by atoms with Gasteiger partial charge in [0, 0.05) is 37.3 Å². The van der Waals surface area contributed by atoms with Gasteiger partial charge in [-0.15, -0.1) is 0 Å². The number of nitrogens with two attached hydrogens (primary N) is 1. The minimum Gasteiger partial charge on any atom is -0.497 e. The molecule has 0 amide bonds. The molecule has 3 unspecified atom stereocenters. The van der Waals surface area contributed by atoms with Gasteiger partial charge in [-0.05, 0) is 24.3 Å². The maximum absolute atomic E-state index is 6.42. The first-order valence-electron chi connectivity index (χ1n) is 7.73. The van der Waals surface area contributed by atoms with E-state index in [2.05, 4.69) is 18.7 Å². The van der Waals surface area contributed by atoms with Gasteiger partial charge in [0.05, 0.1) is 14.2 Å². The molecule has 1 aliphatic heterocycles. The first-order valence-corrected chi connectivity index (χ1v) is 7.73. The van der Waals surface area contributed by atoms with Gasteiger partial charge in [-0.3, -0.25) is 0 Å². The van der Waals surface area contributed by atoms with Crippen molar-refractivity contribution in [1.29, 1.82) is 0 Å². The number of ether oxygens (including phenoxy) is 2. The van der Waals surface area contributed by atoms with Gasteiger partial charge < -0.3 is 20.1 Å². The van der Waals surface area contributed by atoms with Crippen LogP contribution in [0.4, 0.5) is 0 Å². The molecule has 1 aliphatic rings. The number of piperidine rings is 1. The standard InChI is InChI=1S/C17H28N2O2/c1-12-7-13(2)10-19(9-12)11-16(18)15-6-5-14(20-3)8-17(15)21-4/h5-6,8,12-13,16H,7,9-11,18H2,1-4H3. The van der Waals surface area contributed by atoms with Crippen LogP contribution in [0.2, 0.25) is 0 Å². The Labute approximate surface area is 128 Å². The van der Waals surface area contributed by atoms with Crippen LogP contribution in [0.15, 0.2) is 18.2 Å². The zero-order chi connectivity index (χ0) is 15.4. The van der Waals surface area contributed by atoms with Crippen LogP contribution in [0.5, 0.6) is 11.5 Å². The minimum atomic E-state index is -0.0386. The van der Waals surface area contributed by atoms with E-state index in [1.54, 1.807) is 14.2 Å². The number of hydrogen-bond donors (Lipinski definition) is 1. The Kier molecular flexibility index (Phi) is 5.48. The quantitative estimate of drug-likeness (QED) is 0.906. The highest BCUT2D eigenvalue weighted by Crippen LogP contribution is 2.30. The number of methoxy groups -OCH3 is 2. The van der Waals surface area contributed by atoms with E-state index in [0.29, 0.717) is 0 Å². The minimum absolute atomic E-state index is 0.0386. The summed E-state index contributed by atoms with van der Waals surface area (Å²) in [6.07, 6.45) is 1.32. The smallest absolute Gasteiger partial charge is 0.127 e. The Bertz CT molecular complexity index is 454. The van der Waals surface area contributed by atoms with Crippen molar-refractivity contribution in [3.05, 3.63) is 23.8 Å². The molecule has 0 aliphatic carbocycles. The van der Waals surface area contributed by atoms with Crippen LogP contribution >= 0.6 is 0 Å². The van der Waals surface area contributed by atoms with Gasteiger partial charge in [0.2, 0.25) is 0 Å². The summed E-state index contributed by atoms with van der Waals surface area (Å²) in [5, 5.41) is 0. The molecule has 21 heavy (non-hydrogen) atoms. The summed E-state index contributed by atoms with van der Waals surface area (Å²) in [5.74, 6) is 3.10. The molecular formula is C17H28N2O2. The molecule has 3 atom stereocenters. The zero-order valence-electron chi connectivity index (χ0n) is 13.6. The first kappa shape index (κ1) is 16.1. The van der Waals surface area contributed by atoms with E-state index < -0.39 is 0 Å². The van der Waals surface area contributed by atoms with Gasteiger partial charge in [-0.1, -0.05) is 19.9 Å². The number of likely N-dealkylation sites (tertiary alicyclic amines) is 1. The van der Waals surface area contributed by atoms with Crippen molar-refractivity contribution in [2.75, 3.05) is 33.9 Å². The molecule has 0 spiro atoms. The lowest BCUT2D eigenvalue weighted by molar-refractivity contribution is 0.133. The molecule has 1 saturated heterocycles. The van der Waals surface area contributed by atoms with E-state index in [1.807, 2.05) is 18.2 Å². The molecule has 0 aromatic heterocycles. The van der Waals surface area contributed by atoms with Crippen LogP contribution in [0.1, 0.15) is 31.9 Å². The Morgan fingerprint density at radius 1 is 1.19 bits per heavy atom. The molecular weight excluding hydrogens is 264 g/mol. The van der Waals surface area contributed by atoms with Gasteiger partial charge in [0.15, 0.2) is 0 Å². The fraction of sp³-hybridized carbons (Fsp3) is 0.647. The van der Waals surface area contributed by atoms with Gasteiger partial charge >= 0.3 is 0 Å². The summed E-state index contributed by atoms with van der Waals surface area (Å²) in [6.45, 7) is 7.79. The molecule has 2 rings (SSSR count). The van der Waals surface area contributed by atoms with E-state index in [-0.39, 0.29) is 6.04 Å². The SMILES string of the molecule is COc1ccc(C(N)CN2CC(C)CC(C)C2)c(OC)c1. The second-order valence-corrected chi connectivity index (χ2v) is 6.38. The lowest BCUT2D eigenvalue weighted by atomic mass is 9.91. The van der Waals surface area contributed by atoms with Crippen LogP contribution in [0.3, 0.4) is 0 Å². The van der Waals surface area contributed by atoms with Crippen LogP contribution < -0.4 is 15.2 Å². The van der Waals surface area contributed by atoms with Crippen LogP contribution in [-0.2, 0) is 0 Å². The first-order chi connectivity index (χ1) is 10.0. The molecule has 1 heterocycles. The van der Waals surface area contributed by atoms with Gasteiger partial charge in [0.1, 0.15) is 11.5 Å². The maximum Gasteiger partial charge on any atom is 0.127 e. The van der Waals surface area contributed by atoms with Gasteiger partial charge in [-0.2, -0.15) is 0 Å². The third-order valence-electron chi connectivity index (χ3n) is 4.24. The summed E-state index contributed by atoms with van der Waals surface area (Å²) in [4.78, 5) is 2.48. The lowest BCUT2D eigenvalue weighted by Crippen LogP contribution is -2.42. The Morgan fingerprint density at radius 2 is 1.86 bits per heavy atom. The lowest BCUT2D eigenvalue weighted by Gasteiger charge is -2.36. The van der Waals surface area contributed by atoms with Crippen molar-refractivity contribution in [3.8, 4) is 11.5 Å². The van der Waals surface area contributed by atoms with Crippen molar-refractivity contribution in [3.63, 3.8) is 0 Å².